The molecule has 0 radical (unpaired) electrons. The number of nitrogens with zero attached hydrogens (tertiary/aromatic N) is 4. The quantitative estimate of drug-likeness (QED) is 0.683. The van der Waals surface area contributed by atoms with Crippen molar-refractivity contribution in [3.05, 3.63) is 0 Å². The number of likely N-dealkylation sites (tertiary alicyclic amines) is 1. The van der Waals surface area contributed by atoms with E-state index in [1.54, 1.807) is 4.31 Å². The van der Waals surface area contributed by atoms with Gasteiger partial charge in [-0.1, -0.05) is 27.7 Å². The predicted octanol–water partition coefficient (Wildman–Crippen LogP) is 1.08. The lowest BCUT2D eigenvalue weighted by molar-refractivity contribution is -0.139. The molecule has 3 atom stereocenters. The standard InChI is InChI=1S/C18H36N4O3S/c1-6-21(7-2)26(24,25)22-10-8-19(9-11-22)17(5)18(23)20-13-15(3)12-16(4)14-20/h15-17H,6-14H2,1-5H3. The van der Waals surface area contributed by atoms with Gasteiger partial charge < -0.3 is 4.90 Å². The van der Waals surface area contributed by atoms with Gasteiger partial charge in [0, 0.05) is 52.4 Å². The third-order valence-corrected chi connectivity index (χ3v) is 7.90. The van der Waals surface area contributed by atoms with Crippen LogP contribution in [-0.2, 0) is 15.0 Å². The van der Waals surface area contributed by atoms with Crippen molar-refractivity contribution in [1.82, 2.24) is 18.4 Å². The molecule has 0 N–H and O–H groups in total. The van der Waals surface area contributed by atoms with Crippen LogP contribution in [0.4, 0.5) is 0 Å². The molecule has 8 heteroatoms. The Balaban J connectivity index is 1.93. The highest BCUT2D eigenvalue weighted by atomic mass is 32.2. The van der Waals surface area contributed by atoms with Crippen LogP contribution in [0.3, 0.4) is 0 Å². The zero-order chi connectivity index (χ0) is 19.5. The van der Waals surface area contributed by atoms with Crippen LogP contribution < -0.4 is 0 Å². The maximum absolute atomic E-state index is 12.9. The van der Waals surface area contributed by atoms with Crippen LogP contribution in [0, 0.1) is 11.8 Å². The van der Waals surface area contributed by atoms with Crippen molar-refractivity contribution in [1.29, 1.82) is 0 Å². The maximum Gasteiger partial charge on any atom is 0.282 e. The van der Waals surface area contributed by atoms with Gasteiger partial charge in [-0.25, -0.2) is 0 Å². The summed E-state index contributed by atoms with van der Waals surface area (Å²) in [6, 6.07) is -0.189. The smallest absolute Gasteiger partial charge is 0.282 e. The monoisotopic (exact) mass is 388 g/mol. The fraction of sp³-hybridized carbons (Fsp3) is 0.944. The van der Waals surface area contributed by atoms with E-state index in [1.165, 1.54) is 10.7 Å². The third kappa shape index (κ3) is 4.77. The molecule has 0 saturated carbocycles. The molecule has 2 fully saturated rings. The molecule has 1 amide bonds. The number of carbonyl (C=O) groups excluding carboxylic acids is 1. The molecule has 2 aliphatic rings. The molecule has 0 aromatic heterocycles. The van der Waals surface area contributed by atoms with Gasteiger partial charge in [-0.2, -0.15) is 17.0 Å². The van der Waals surface area contributed by atoms with E-state index in [-0.39, 0.29) is 11.9 Å². The third-order valence-electron chi connectivity index (χ3n) is 5.72. The van der Waals surface area contributed by atoms with Gasteiger partial charge in [0.25, 0.3) is 10.2 Å². The highest BCUT2D eigenvalue weighted by molar-refractivity contribution is 7.86. The Hall–Kier alpha value is -0.700. The van der Waals surface area contributed by atoms with Crippen molar-refractivity contribution in [2.75, 3.05) is 52.4 Å². The zero-order valence-electron chi connectivity index (χ0n) is 17.0. The predicted molar refractivity (Wildman–Crippen MR) is 104 cm³/mol. The molecular weight excluding hydrogens is 352 g/mol. The van der Waals surface area contributed by atoms with Gasteiger partial charge in [0.05, 0.1) is 6.04 Å². The molecule has 7 nitrogen and oxygen atoms in total. The van der Waals surface area contributed by atoms with Gasteiger partial charge in [0.2, 0.25) is 5.91 Å². The molecule has 0 aliphatic carbocycles. The Labute approximate surface area is 159 Å². The van der Waals surface area contributed by atoms with Crippen molar-refractivity contribution < 1.29 is 13.2 Å². The van der Waals surface area contributed by atoms with Gasteiger partial charge in [-0.15, -0.1) is 0 Å². The van der Waals surface area contributed by atoms with E-state index in [0.29, 0.717) is 51.1 Å². The summed E-state index contributed by atoms with van der Waals surface area (Å²) in [4.78, 5) is 17.0. The largest absolute Gasteiger partial charge is 0.341 e. The van der Waals surface area contributed by atoms with Crippen molar-refractivity contribution in [2.45, 2.75) is 47.1 Å². The Morgan fingerprint density at radius 3 is 2.00 bits per heavy atom. The average molecular weight is 389 g/mol. The Morgan fingerprint density at radius 2 is 1.54 bits per heavy atom. The number of hydrogen-bond donors (Lipinski definition) is 0. The topological polar surface area (TPSA) is 64.2 Å². The van der Waals surface area contributed by atoms with E-state index in [9.17, 15) is 13.2 Å². The van der Waals surface area contributed by atoms with Crippen LogP contribution in [0.1, 0.15) is 41.0 Å². The fourth-order valence-electron chi connectivity index (χ4n) is 4.30. The van der Waals surface area contributed by atoms with E-state index in [1.807, 2.05) is 25.7 Å². The molecule has 152 valence electrons. The molecule has 2 saturated heterocycles. The van der Waals surface area contributed by atoms with Crippen molar-refractivity contribution in [2.24, 2.45) is 11.8 Å². The lowest BCUT2D eigenvalue weighted by Gasteiger charge is -2.41. The highest BCUT2D eigenvalue weighted by Crippen LogP contribution is 2.22. The van der Waals surface area contributed by atoms with E-state index in [0.717, 1.165) is 13.1 Å². The Kier molecular flexibility index (Phi) is 7.47. The molecule has 2 heterocycles. The minimum absolute atomic E-state index is 0.184. The first-order chi connectivity index (χ1) is 12.2. The molecule has 2 aliphatic heterocycles. The first-order valence-electron chi connectivity index (χ1n) is 9.98. The van der Waals surface area contributed by atoms with E-state index in [4.69, 9.17) is 0 Å². The molecule has 0 spiro atoms. The first kappa shape index (κ1) is 21.6. The number of piperidine rings is 1. The van der Waals surface area contributed by atoms with E-state index in [2.05, 4.69) is 18.7 Å². The van der Waals surface area contributed by atoms with Crippen molar-refractivity contribution in [3.8, 4) is 0 Å². The number of hydrogen-bond acceptors (Lipinski definition) is 4. The van der Waals surface area contributed by atoms with Crippen LogP contribution in [0.5, 0.6) is 0 Å². The van der Waals surface area contributed by atoms with Crippen molar-refractivity contribution >= 4 is 16.1 Å². The van der Waals surface area contributed by atoms with Gasteiger partial charge in [-0.3, -0.25) is 9.69 Å². The number of piperazine rings is 1. The van der Waals surface area contributed by atoms with Crippen molar-refractivity contribution in [3.63, 3.8) is 0 Å². The van der Waals surface area contributed by atoms with Crippen LogP contribution in [-0.4, -0.2) is 91.1 Å². The maximum atomic E-state index is 12.9. The van der Waals surface area contributed by atoms with Crippen LogP contribution in [0.2, 0.25) is 0 Å². The van der Waals surface area contributed by atoms with Crippen LogP contribution >= 0.6 is 0 Å². The molecular formula is C18H36N4O3S. The SMILES string of the molecule is CCN(CC)S(=O)(=O)N1CCN(C(C)C(=O)N2CC(C)CC(C)C2)CC1. The summed E-state index contributed by atoms with van der Waals surface area (Å²) in [6.45, 7) is 14.8. The summed E-state index contributed by atoms with van der Waals surface area (Å²) < 4.78 is 28.3. The summed E-state index contributed by atoms with van der Waals surface area (Å²) in [6.07, 6.45) is 1.18. The highest BCUT2D eigenvalue weighted by Gasteiger charge is 2.35. The summed E-state index contributed by atoms with van der Waals surface area (Å²) in [5.74, 6) is 1.28. The normalized spacial score (nSPS) is 27.7. The average Bonchev–Trinajstić information content (AvgIpc) is 2.60. The molecule has 0 bridgehead atoms. The molecule has 2 rings (SSSR count). The minimum Gasteiger partial charge on any atom is -0.341 e. The summed E-state index contributed by atoms with van der Waals surface area (Å²) in [5.41, 5.74) is 0. The number of rotatable bonds is 6. The molecule has 0 aromatic carbocycles. The second kappa shape index (κ2) is 8.99. The van der Waals surface area contributed by atoms with E-state index < -0.39 is 10.2 Å². The van der Waals surface area contributed by atoms with Crippen LogP contribution in [0.15, 0.2) is 0 Å². The fourth-order valence-corrected chi connectivity index (χ4v) is 5.90. The van der Waals surface area contributed by atoms with Crippen LogP contribution in [0.25, 0.3) is 0 Å². The van der Waals surface area contributed by atoms with Gasteiger partial charge >= 0.3 is 0 Å². The summed E-state index contributed by atoms with van der Waals surface area (Å²) in [5, 5.41) is 0. The lowest BCUT2D eigenvalue weighted by atomic mass is 9.91. The molecule has 3 unspecified atom stereocenters. The van der Waals surface area contributed by atoms with Gasteiger partial charge in [0.15, 0.2) is 0 Å². The number of amides is 1. The Bertz CT molecular complexity index is 561. The summed E-state index contributed by atoms with van der Waals surface area (Å²) >= 11 is 0. The van der Waals surface area contributed by atoms with Gasteiger partial charge in [-0.05, 0) is 25.2 Å². The Morgan fingerprint density at radius 1 is 1.04 bits per heavy atom. The zero-order valence-corrected chi connectivity index (χ0v) is 17.8. The molecule has 26 heavy (non-hydrogen) atoms. The lowest BCUT2D eigenvalue weighted by Crippen LogP contribution is -2.58. The van der Waals surface area contributed by atoms with Gasteiger partial charge in [0.1, 0.15) is 0 Å². The number of carbonyl (C=O) groups is 1. The first-order valence-corrected chi connectivity index (χ1v) is 11.4. The summed E-state index contributed by atoms with van der Waals surface area (Å²) in [7, 11) is -3.38. The van der Waals surface area contributed by atoms with E-state index >= 15 is 0 Å². The second-order valence-corrected chi connectivity index (χ2v) is 9.82. The second-order valence-electron chi connectivity index (χ2n) is 7.89. The molecule has 0 aromatic rings. The minimum atomic E-state index is -3.38.